The summed E-state index contributed by atoms with van der Waals surface area (Å²) in [6.45, 7) is 3.92. The molecule has 0 fully saturated rings. The fourth-order valence-electron chi connectivity index (χ4n) is 3.14. The van der Waals surface area contributed by atoms with E-state index in [1.165, 1.54) is 11.0 Å². The third kappa shape index (κ3) is 7.53. The average molecular weight is 480 g/mol. The zero-order valence-electron chi connectivity index (χ0n) is 18.6. The number of unbranched alkanes of at least 4 members (excludes halogenated alkanes) is 1. The topological polar surface area (TPSA) is 86.8 Å². The first-order valence-electron chi connectivity index (χ1n) is 10.5. The van der Waals surface area contributed by atoms with E-state index in [1.807, 2.05) is 37.3 Å². The van der Waals surface area contributed by atoms with E-state index in [1.54, 1.807) is 25.1 Å². The second-order valence-corrected chi connectivity index (χ2v) is 9.92. The maximum absolute atomic E-state index is 13.3. The van der Waals surface area contributed by atoms with Crippen LogP contribution in [0.15, 0.2) is 54.6 Å². The number of amides is 2. The summed E-state index contributed by atoms with van der Waals surface area (Å²) in [7, 11) is -3.77. The molecule has 9 heteroatoms. The molecule has 0 aliphatic carbocycles. The molecule has 2 amide bonds. The van der Waals surface area contributed by atoms with Crippen molar-refractivity contribution < 1.29 is 18.0 Å². The molecule has 1 N–H and O–H groups in total. The summed E-state index contributed by atoms with van der Waals surface area (Å²) in [4.78, 5) is 27.4. The summed E-state index contributed by atoms with van der Waals surface area (Å²) >= 11 is 6.03. The number of benzene rings is 2. The lowest BCUT2D eigenvalue weighted by atomic mass is 10.1. The SMILES string of the molecule is CCCCNC(=O)[C@H](C)N(Cc1ccccc1)C(=O)CN(c1cccc(Cl)c1)S(C)(=O)=O. The van der Waals surface area contributed by atoms with Gasteiger partial charge in [-0.2, -0.15) is 0 Å². The van der Waals surface area contributed by atoms with E-state index in [2.05, 4.69) is 5.32 Å². The Morgan fingerprint density at radius 1 is 1.09 bits per heavy atom. The Morgan fingerprint density at radius 2 is 1.78 bits per heavy atom. The van der Waals surface area contributed by atoms with Gasteiger partial charge in [0, 0.05) is 18.1 Å². The molecule has 0 unspecified atom stereocenters. The van der Waals surface area contributed by atoms with Gasteiger partial charge in [-0.1, -0.05) is 61.3 Å². The van der Waals surface area contributed by atoms with Crippen LogP contribution in [0.1, 0.15) is 32.3 Å². The van der Waals surface area contributed by atoms with Crippen molar-refractivity contribution in [2.45, 2.75) is 39.3 Å². The molecule has 0 saturated heterocycles. The van der Waals surface area contributed by atoms with Crippen LogP contribution in [-0.4, -0.2) is 50.5 Å². The highest BCUT2D eigenvalue weighted by Gasteiger charge is 2.30. The molecule has 0 radical (unpaired) electrons. The summed E-state index contributed by atoms with van der Waals surface area (Å²) in [5.41, 5.74) is 1.12. The van der Waals surface area contributed by atoms with Crippen LogP contribution in [-0.2, 0) is 26.2 Å². The number of carbonyl (C=O) groups excluding carboxylic acids is 2. The number of nitrogens with one attached hydrogen (secondary N) is 1. The standard InChI is InChI=1S/C23H30ClN3O4S/c1-4-5-14-25-23(29)18(2)26(16-19-10-7-6-8-11-19)22(28)17-27(32(3,30)31)21-13-9-12-20(24)15-21/h6-13,15,18H,4-5,14,16-17H2,1-3H3,(H,25,29)/t18-/m0/s1. The third-order valence-electron chi connectivity index (χ3n) is 4.97. The van der Waals surface area contributed by atoms with Gasteiger partial charge in [-0.05, 0) is 37.1 Å². The average Bonchev–Trinajstić information content (AvgIpc) is 2.75. The Hall–Kier alpha value is -2.58. The molecule has 32 heavy (non-hydrogen) atoms. The van der Waals surface area contributed by atoms with Crippen molar-refractivity contribution >= 4 is 39.1 Å². The summed E-state index contributed by atoms with van der Waals surface area (Å²) in [6.07, 6.45) is 2.80. The molecule has 0 aliphatic rings. The van der Waals surface area contributed by atoms with E-state index in [9.17, 15) is 18.0 Å². The van der Waals surface area contributed by atoms with Crippen molar-refractivity contribution in [1.29, 1.82) is 0 Å². The van der Waals surface area contributed by atoms with Gasteiger partial charge in [0.1, 0.15) is 12.6 Å². The van der Waals surface area contributed by atoms with Crippen LogP contribution in [0.2, 0.25) is 5.02 Å². The molecule has 2 aromatic rings. The Balaban J connectivity index is 2.31. The lowest BCUT2D eigenvalue weighted by Gasteiger charge is -2.31. The van der Waals surface area contributed by atoms with Crippen LogP contribution < -0.4 is 9.62 Å². The van der Waals surface area contributed by atoms with Gasteiger partial charge in [-0.15, -0.1) is 0 Å². The number of hydrogen-bond donors (Lipinski definition) is 1. The molecule has 2 aromatic carbocycles. The minimum absolute atomic E-state index is 0.176. The van der Waals surface area contributed by atoms with Crippen molar-refractivity contribution in [2.75, 3.05) is 23.7 Å². The van der Waals surface area contributed by atoms with Crippen molar-refractivity contribution in [3.8, 4) is 0 Å². The van der Waals surface area contributed by atoms with Gasteiger partial charge in [0.25, 0.3) is 0 Å². The Bertz CT molecular complexity index is 1010. The van der Waals surface area contributed by atoms with Crippen molar-refractivity contribution in [3.63, 3.8) is 0 Å². The minimum atomic E-state index is -3.77. The first kappa shape index (κ1) is 25.7. The molecule has 174 valence electrons. The van der Waals surface area contributed by atoms with Crippen LogP contribution >= 0.6 is 11.6 Å². The maximum atomic E-state index is 13.3. The van der Waals surface area contributed by atoms with Crippen LogP contribution in [0.4, 0.5) is 5.69 Å². The smallest absolute Gasteiger partial charge is 0.244 e. The molecule has 0 spiro atoms. The van der Waals surface area contributed by atoms with Crippen LogP contribution in [0, 0.1) is 0 Å². The van der Waals surface area contributed by atoms with E-state index >= 15 is 0 Å². The molecule has 0 aliphatic heterocycles. The summed E-state index contributed by atoms with van der Waals surface area (Å²) in [6, 6.07) is 14.8. The Morgan fingerprint density at radius 3 is 2.38 bits per heavy atom. The number of nitrogens with zero attached hydrogens (tertiary/aromatic N) is 2. The molecule has 0 heterocycles. The van der Waals surface area contributed by atoms with Crippen molar-refractivity contribution in [2.24, 2.45) is 0 Å². The zero-order valence-corrected chi connectivity index (χ0v) is 20.2. The van der Waals surface area contributed by atoms with Gasteiger partial charge in [-0.3, -0.25) is 13.9 Å². The number of halogens is 1. The zero-order chi connectivity index (χ0) is 23.7. The van der Waals surface area contributed by atoms with E-state index in [-0.39, 0.29) is 18.1 Å². The molecule has 0 bridgehead atoms. The second kappa shape index (κ2) is 11.9. The largest absolute Gasteiger partial charge is 0.354 e. The van der Waals surface area contributed by atoms with Crippen molar-refractivity contribution in [1.82, 2.24) is 10.2 Å². The fraction of sp³-hybridized carbons (Fsp3) is 0.391. The number of anilines is 1. The normalized spacial score (nSPS) is 12.1. The summed E-state index contributed by atoms with van der Waals surface area (Å²) in [5.74, 6) is -0.770. The lowest BCUT2D eigenvalue weighted by Crippen LogP contribution is -2.51. The first-order valence-corrected chi connectivity index (χ1v) is 12.7. The van der Waals surface area contributed by atoms with E-state index in [0.29, 0.717) is 11.6 Å². The molecule has 0 saturated carbocycles. The fourth-order valence-corrected chi connectivity index (χ4v) is 4.17. The molecule has 0 aromatic heterocycles. The lowest BCUT2D eigenvalue weighted by molar-refractivity contribution is -0.139. The van der Waals surface area contributed by atoms with Gasteiger partial charge in [-0.25, -0.2) is 8.42 Å². The second-order valence-electron chi connectivity index (χ2n) is 7.58. The molecular formula is C23H30ClN3O4S. The van der Waals surface area contributed by atoms with Gasteiger partial charge in [0.15, 0.2) is 0 Å². The highest BCUT2D eigenvalue weighted by molar-refractivity contribution is 7.92. The number of hydrogen-bond acceptors (Lipinski definition) is 4. The van der Waals surface area contributed by atoms with E-state index in [4.69, 9.17) is 11.6 Å². The highest BCUT2D eigenvalue weighted by atomic mass is 35.5. The molecule has 1 atom stereocenters. The maximum Gasteiger partial charge on any atom is 0.244 e. The van der Waals surface area contributed by atoms with Crippen molar-refractivity contribution in [3.05, 3.63) is 65.2 Å². The van der Waals surface area contributed by atoms with Crippen LogP contribution in [0.5, 0.6) is 0 Å². The van der Waals surface area contributed by atoms with Gasteiger partial charge in [0.05, 0.1) is 11.9 Å². The molecular weight excluding hydrogens is 450 g/mol. The van der Waals surface area contributed by atoms with E-state index in [0.717, 1.165) is 29.0 Å². The quantitative estimate of drug-likeness (QED) is 0.500. The highest BCUT2D eigenvalue weighted by Crippen LogP contribution is 2.22. The summed E-state index contributed by atoms with van der Waals surface area (Å²) < 4.78 is 25.9. The van der Waals surface area contributed by atoms with Gasteiger partial charge in [0.2, 0.25) is 21.8 Å². The van der Waals surface area contributed by atoms with E-state index < -0.39 is 28.5 Å². The van der Waals surface area contributed by atoms with Crippen LogP contribution in [0.3, 0.4) is 0 Å². The third-order valence-corrected chi connectivity index (χ3v) is 6.34. The number of carbonyl (C=O) groups is 2. The number of sulfonamides is 1. The predicted octanol–water partition coefficient (Wildman–Crippen LogP) is 3.44. The predicted molar refractivity (Wildman–Crippen MR) is 128 cm³/mol. The Labute approximate surface area is 195 Å². The van der Waals surface area contributed by atoms with Gasteiger partial charge < -0.3 is 10.2 Å². The molecule has 2 rings (SSSR count). The molecule has 7 nitrogen and oxygen atoms in total. The Kier molecular flexibility index (Phi) is 9.53. The minimum Gasteiger partial charge on any atom is -0.354 e. The summed E-state index contributed by atoms with van der Waals surface area (Å²) in [5, 5.41) is 3.20. The first-order chi connectivity index (χ1) is 15.1. The number of rotatable bonds is 11. The monoisotopic (exact) mass is 479 g/mol. The van der Waals surface area contributed by atoms with Gasteiger partial charge >= 0.3 is 0 Å². The van der Waals surface area contributed by atoms with Crippen LogP contribution in [0.25, 0.3) is 0 Å².